The molecule has 9 heteroatoms. The highest BCUT2D eigenvalue weighted by molar-refractivity contribution is 5.96. The summed E-state index contributed by atoms with van der Waals surface area (Å²) in [4.78, 5) is 28.9. The highest BCUT2D eigenvalue weighted by Gasteiger charge is 2.54. The van der Waals surface area contributed by atoms with Crippen molar-refractivity contribution in [2.24, 2.45) is 18.4 Å². The van der Waals surface area contributed by atoms with E-state index >= 15 is 0 Å². The zero-order chi connectivity index (χ0) is 24.0. The van der Waals surface area contributed by atoms with Crippen LogP contribution in [0.4, 0.5) is 0 Å². The van der Waals surface area contributed by atoms with Crippen molar-refractivity contribution in [2.45, 2.75) is 19.3 Å². The maximum atomic E-state index is 13.0. The molecule has 1 aliphatic heterocycles. The third-order valence-corrected chi connectivity index (χ3v) is 7.46. The summed E-state index contributed by atoms with van der Waals surface area (Å²) in [7, 11) is 1.72. The lowest BCUT2D eigenvalue weighted by Gasteiger charge is -2.33. The number of aromatic nitrogens is 4. The molecule has 2 aromatic heterocycles. The zero-order valence-corrected chi connectivity index (χ0v) is 19.5. The van der Waals surface area contributed by atoms with E-state index < -0.39 is 0 Å². The van der Waals surface area contributed by atoms with Crippen molar-refractivity contribution in [1.82, 2.24) is 30.4 Å². The Balaban J connectivity index is 1.01. The van der Waals surface area contributed by atoms with E-state index in [-0.39, 0.29) is 17.2 Å². The van der Waals surface area contributed by atoms with E-state index in [9.17, 15) is 9.59 Å². The minimum Gasteiger partial charge on any atom is -0.451 e. The van der Waals surface area contributed by atoms with E-state index in [4.69, 9.17) is 4.42 Å². The fraction of sp³-hybridized carbons (Fsp3) is 0.346. The molecule has 3 heterocycles. The molecule has 6 rings (SSSR count). The quantitative estimate of drug-likeness (QED) is 0.480. The highest BCUT2D eigenvalue weighted by atomic mass is 16.3. The Labute approximate surface area is 202 Å². The Kier molecular flexibility index (Phi) is 5.12. The van der Waals surface area contributed by atoms with Crippen LogP contribution in [0, 0.1) is 11.3 Å². The van der Waals surface area contributed by atoms with Crippen molar-refractivity contribution in [3.8, 4) is 11.4 Å². The molecular weight excluding hydrogens is 444 g/mol. The van der Waals surface area contributed by atoms with Crippen molar-refractivity contribution in [3.05, 3.63) is 65.9 Å². The molecule has 2 aliphatic rings. The van der Waals surface area contributed by atoms with Gasteiger partial charge < -0.3 is 14.6 Å². The second-order valence-corrected chi connectivity index (χ2v) is 9.59. The van der Waals surface area contributed by atoms with Gasteiger partial charge >= 0.3 is 0 Å². The van der Waals surface area contributed by atoms with Gasteiger partial charge in [-0.25, -0.2) is 0 Å². The molecule has 1 saturated heterocycles. The number of piperidine rings is 1. The first-order chi connectivity index (χ1) is 17.0. The molecule has 1 spiro atoms. The topological polar surface area (TPSA) is 106 Å². The van der Waals surface area contributed by atoms with Crippen molar-refractivity contribution < 1.29 is 14.0 Å². The van der Waals surface area contributed by atoms with E-state index in [1.807, 2.05) is 53.4 Å². The van der Waals surface area contributed by atoms with Crippen LogP contribution in [0.15, 0.2) is 59.0 Å². The van der Waals surface area contributed by atoms with E-state index in [0.717, 1.165) is 48.9 Å². The monoisotopic (exact) mass is 470 g/mol. The number of carbonyl (C=O) groups excluding carboxylic acids is 2. The molecule has 2 aromatic carbocycles. The molecule has 178 valence electrons. The van der Waals surface area contributed by atoms with Gasteiger partial charge in [0.2, 0.25) is 5.82 Å². The number of para-hydroxylation sites is 1. The van der Waals surface area contributed by atoms with Gasteiger partial charge in [0.05, 0.1) is 7.05 Å². The molecule has 1 unspecified atom stereocenters. The van der Waals surface area contributed by atoms with Gasteiger partial charge in [-0.2, -0.15) is 4.80 Å². The first kappa shape index (κ1) is 21.5. The molecule has 4 aromatic rings. The summed E-state index contributed by atoms with van der Waals surface area (Å²) in [5.74, 6) is 1.22. The van der Waals surface area contributed by atoms with Crippen LogP contribution in [0.5, 0.6) is 0 Å². The fourth-order valence-electron chi connectivity index (χ4n) is 5.23. The summed E-state index contributed by atoms with van der Waals surface area (Å²) < 4.78 is 5.67. The van der Waals surface area contributed by atoms with E-state index in [0.29, 0.717) is 29.6 Å². The van der Waals surface area contributed by atoms with Crippen molar-refractivity contribution in [3.63, 3.8) is 0 Å². The predicted molar refractivity (Wildman–Crippen MR) is 128 cm³/mol. The third kappa shape index (κ3) is 4.07. The number of hydrogen-bond acceptors (Lipinski definition) is 6. The second kappa shape index (κ2) is 8.33. The Hall–Kier alpha value is -4.01. The number of rotatable bonds is 5. The fourth-order valence-corrected chi connectivity index (χ4v) is 5.23. The first-order valence-corrected chi connectivity index (χ1v) is 11.9. The number of fused-ring (bicyclic) bond motifs is 1. The molecule has 2 fully saturated rings. The Morgan fingerprint density at radius 1 is 1.11 bits per heavy atom. The average Bonchev–Trinajstić information content (AvgIpc) is 3.20. The molecule has 35 heavy (non-hydrogen) atoms. The van der Waals surface area contributed by atoms with Crippen LogP contribution in [-0.4, -0.2) is 56.6 Å². The minimum absolute atomic E-state index is 0.0499. The van der Waals surface area contributed by atoms with Crippen LogP contribution in [0.3, 0.4) is 0 Å². The number of furan rings is 1. The number of likely N-dealkylation sites (tertiary alicyclic amines) is 1. The van der Waals surface area contributed by atoms with Gasteiger partial charge in [-0.15, -0.1) is 10.2 Å². The van der Waals surface area contributed by atoms with Crippen LogP contribution in [-0.2, 0) is 7.05 Å². The number of amides is 2. The lowest BCUT2D eigenvalue weighted by atomic mass is 9.90. The first-order valence-electron chi connectivity index (χ1n) is 11.9. The summed E-state index contributed by atoms with van der Waals surface area (Å²) in [5, 5.41) is 16.0. The van der Waals surface area contributed by atoms with Crippen LogP contribution >= 0.6 is 0 Å². The molecule has 2 amide bonds. The van der Waals surface area contributed by atoms with Gasteiger partial charge in [0, 0.05) is 36.1 Å². The number of hydrogen-bond donors (Lipinski definition) is 1. The van der Waals surface area contributed by atoms with Gasteiger partial charge in [-0.05, 0) is 60.1 Å². The molecule has 1 N–H and O–H groups in total. The lowest BCUT2D eigenvalue weighted by Crippen LogP contribution is -2.40. The standard InChI is InChI=1S/C26H26N6O3/c1-31-29-23(28-30-31)17-6-8-18(9-7-17)25(34)32-12-10-26(11-13-32)15-20(26)16-27-24(33)22-14-19-4-2-3-5-21(19)35-22/h2-9,14,20H,10-13,15-16H2,1H3,(H,27,33). The van der Waals surface area contributed by atoms with Gasteiger partial charge in [0.15, 0.2) is 5.76 Å². The number of nitrogens with one attached hydrogen (secondary N) is 1. The average molecular weight is 471 g/mol. The van der Waals surface area contributed by atoms with Crippen LogP contribution < -0.4 is 5.32 Å². The number of tetrazole rings is 1. The summed E-state index contributed by atoms with van der Waals surface area (Å²) in [6.07, 6.45) is 3.02. The van der Waals surface area contributed by atoms with Gasteiger partial charge in [-0.1, -0.05) is 30.3 Å². The molecule has 1 saturated carbocycles. The number of carbonyl (C=O) groups is 2. The Morgan fingerprint density at radius 3 is 2.60 bits per heavy atom. The second-order valence-electron chi connectivity index (χ2n) is 9.59. The zero-order valence-electron chi connectivity index (χ0n) is 19.5. The van der Waals surface area contributed by atoms with Crippen LogP contribution in [0.1, 0.15) is 40.2 Å². The molecule has 0 bridgehead atoms. The van der Waals surface area contributed by atoms with Gasteiger partial charge in [-0.3, -0.25) is 9.59 Å². The summed E-state index contributed by atoms with van der Waals surface area (Å²) >= 11 is 0. The lowest BCUT2D eigenvalue weighted by molar-refractivity contribution is 0.0668. The highest BCUT2D eigenvalue weighted by Crippen LogP contribution is 2.59. The molecule has 1 aliphatic carbocycles. The number of nitrogens with zero attached hydrogens (tertiary/aromatic N) is 5. The molecule has 0 radical (unpaired) electrons. The molecular formula is C26H26N6O3. The SMILES string of the molecule is Cn1nnc(-c2ccc(C(=O)N3CCC4(CC3)CC4CNC(=O)c3cc4ccccc4o3)cc2)n1. The number of aryl methyl sites for hydroxylation is 1. The summed E-state index contributed by atoms with van der Waals surface area (Å²) in [6.45, 7) is 2.11. The van der Waals surface area contributed by atoms with E-state index in [1.54, 1.807) is 13.1 Å². The minimum atomic E-state index is -0.170. The van der Waals surface area contributed by atoms with E-state index in [1.165, 1.54) is 4.80 Å². The predicted octanol–water partition coefficient (Wildman–Crippen LogP) is 3.30. The van der Waals surface area contributed by atoms with Gasteiger partial charge in [0.1, 0.15) is 5.58 Å². The largest absolute Gasteiger partial charge is 0.451 e. The van der Waals surface area contributed by atoms with E-state index in [2.05, 4.69) is 20.7 Å². The van der Waals surface area contributed by atoms with Crippen molar-refractivity contribution in [1.29, 1.82) is 0 Å². The van der Waals surface area contributed by atoms with Crippen LogP contribution in [0.2, 0.25) is 0 Å². The maximum Gasteiger partial charge on any atom is 0.287 e. The van der Waals surface area contributed by atoms with Crippen LogP contribution in [0.25, 0.3) is 22.4 Å². The van der Waals surface area contributed by atoms with Crippen molar-refractivity contribution >= 4 is 22.8 Å². The van der Waals surface area contributed by atoms with Gasteiger partial charge in [0.25, 0.3) is 11.8 Å². The summed E-state index contributed by atoms with van der Waals surface area (Å²) in [6, 6.07) is 16.8. The number of benzene rings is 2. The Morgan fingerprint density at radius 2 is 1.89 bits per heavy atom. The maximum absolute atomic E-state index is 13.0. The smallest absolute Gasteiger partial charge is 0.287 e. The third-order valence-electron chi connectivity index (χ3n) is 7.46. The molecule has 9 nitrogen and oxygen atoms in total. The Bertz CT molecular complexity index is 1360. The molecule has 1 atom stereocenters. The summed E-state index contributed by atoms with van der Waals surface area (Å²) in [5.41, 5.74) is 2.45. The normalized spacial score (nSPS) is 18.7. The van der Waals surface area contributed by atoms with Crippen molar-refractivity contribution in [2.75, 3.05) is 19.6 Å².